The van der Waals surface area contributed by atoms with Crippen molar-refractivity contribution in [3.63, 3.8) is 0 Å². The van der Waals surface area contributed by atoms with Crippen molar-refractivity contribution in [3.05, 3.63) is 85.1 Å². The number of allylic oxidation sites excluding steroid dienone is 14. The number of rotatable bonds is 60. The maximum absolute atomic E-state index is 12.9. The van der Waals surface area contributed by atoms with Crippen LogP contribution >= 0.6 is 0 Å². The lowest BCUT2D eigenvalue weighted by atomic mass is 10.0. The van der Waals surface area contributed by atoms with Gasteiger partial charge in [0.15, 0.2) is 6.10 Å². The zero-order valence-corrected chi connectivity index (χ0v) is 51.0. The van der Waals surface area contributed by atoms with Gasteiger partial charge >= 0.3 is 17.9 Å². The number of carbonyl (C=O) groups is 3. The molecular weight excluding hydrogens is 949 g/mol. The second-order valence-corrected chi connectivity index (χ2v) is 22.0. The highest BCUT2D eigenvalue weighted by molar-refractivity contribution is 5.71. The van der Waals surface area contributed by atoms with E-state index in [9.17, 15) is 14.4 Å². The molecule has 0 aliphatic rings. The average Bonchev–Trinajstić information content (AvgIpc) is 3.43. The second kappa shape index (κ2) is 65.1. The van der Waals surface area contributed by atoms with Crippen molar-refractivity contribution >= 4 is 17.9 Å². The minimum Gasteiger partial charge on any atom is -0.462 e. The Bertz CT molecular complexity index is 1470. The summed E-state index contributed by atoms with van der Waals surface area (Å²) in [6.07, 6.45) is 86.0. The van der Waals surface area contributed by atoms with E-state index in [4.69, 9.17) is 14.2 Å². The minimum atomic E-state index is -0.793. The molecule has 0 saturated carbocycles. The standard InChI is InChI=1S/C71H124O6/c1-4-7-10-13-16-19-22-25-27-29-31-33-34-35-36-38-39-41-43-46-49-52-55-58-61-64-70(73)76-67-68(66-75-69(72)63-60-57-54-51-48-45-24-21-18-15-12-9-6-3)77-71(74)65-62-59-56-53-50-47-44-42-40-37-32-30-28-26-23-20-17-14-11-8-5-2/h9,12,18,21-23,25-26,29-32,45,48,68H,4-8,10-11,13-17,19-20,24,27-28,33-44,46-47,49-67H2,1-3H3/b12-9-,21-18-,25-22-,26-23-,31-29-,32-30-,48-45-. The van der Waals surface area contributed by atoms with E-state index in [-0.39, 0.29) is 31.1 Å². The topological polar surface area (TPSA) is 78.9 Å². The summed E-state index contributed by atoms with van der Waals surface area (Å²) in [5.41, 5.74) is 0. The smallest absolute Gasteiger partial charge is 0.306 e. The fraction of sp³-hybridized carbons (Fsp3) is 0.761. The fourth-order valence-corrected chi connectivity index (χ4v) is 9.40. The summed E-state index contributed by atoms with van der Waals surface area (Å²) in [5.74, 6) is -0.910. The lowest BCUT2D eigenvalue weighted by Gasteiger charge is -2.18. The molecule has 0 saturated heterocycles. The van der Waals surface area contributed by atoms with Crippen LogP contribution in [0.15, 0.2) is 85.1 Å². The summed E-state index contributed by atoms with van der Waals surface area (Å²) < 4.78 is 16.9. The van der Waals surface area contributed by atoms with E-state index < -0.39 is 6.10 Å². The zero-order chi connectivity index (χ0) is 55.7. The monoisotopic (exact) mass is 1070 g/mol. The van der Waals surface area contributed by atoms with E-state index >= 15 is 0 Å². The maximum Gasteiger partial charge on any atom is 0.306 e. The number of unbranched alkanes of at least 4 members (excludes halogenated alkanes) is 35. The molecule has 0 fully saturated rings. The number of carbonyl (C=O) groups excluding carboxylic acids is 3. The third-order valence-corrected chi connectivity index (χ3v) is 14.4. The molecule has 1 unspecified atom stereocenters. The molecule has 0 aliphatic heterocycles. The van der Waals surface area contributed by atoms with Gasteiger partial charge in [0.2, 0.25) is 0 Å². The van der Waals surface area contributed by atoms with Crippen molar-refractivity contribution in [2.45, 2.75) is 335 Å². The number of hydrogen-bond acceptors (Lipinski definition) is 6. The first-order valence-corrected chi connectivity index (χ1v) is 33.1. The molecule has 6 heteroatoms. The van der Waals surface area contributed by atoms with Gasteiger partial charge in [-0.05, 0) is 116 Å². The molecule has 6 nitrogen and oxygen atoms in total. The van der Waals surface area contributed by atoms with Crippen molar-refractivity contribution in [3.8, 4) is 0 Å². The summed E-state index contributed by atoms with van der Waals surface area (Å²) in [6.45, 7) is 6.51. The summed E-state index contributed by atoms with van der Waals surface area (Å²) in [5, 5.41) is 0. The molecule has 0 aromatic heterocycles. The molecule has 0 aromatic carbocycles. The van der Waals surface area contributed by atoms with Crippen LogP contribution in [-0.4, -0.2) is 37.2 Å². The van der Waals surface area contributed by atoms with Crippen LogP contribution in [0.3, 0.4) is 0 Å². The Morgan fingerprint density at radius 3 is 0.805 bits per heavy atom. The van der Waals surface area contributed by atoms with E-state index in [1.807, 2.05) is 0 Å². The van der Waals surface area contributed by atoms with Gasteiger partial charge < -0.3 is 14.2 Å². The highest BCUT2D eigenvalue weighted by atomic mass is 16.6. The summed E-state index contributed by atoms with van der Waals surface area (Å²) >= 11 is 0. The van der Waals surface area contributed by atoms with Crippen molar-refractivity contribution < 1.29 is 28.6 Å². The highest BCUT2D eigenvalue weighted by Gasteiger charge is 2.19. The quantitative estimate of drug-likeness (QED) is 0.0261. The molecule has 0 amide bonds. The van der Waals surface area contributed by atoms with Gasteiger partial charge in [-0.25, -0.2) is 0 Å². The summed E-state index contributed by atoms with van der Waals surface area (Å²) in [4.78, 5) is 38.3. The van der Waals surface area contributed by atoms with Crippen LogP contribution < -0.4 is 0 Å². The van der Waals surface area contributed by atoms with Gasteiger partial charge in [0.1, 0.15) is 13.2 Å². The molecule has 0 radical (unpaired) electrons. The van der Waals surface area contributed by atoms with E-state index in [1.165, 1.54) is 193 Å². The summed E-state index contributed by atoms with van der Waals surface area (Å²) in [6, 6.07) is 0. The van der Waals surface area contributed by atoms with Crippen LogP contribution in [0.5, 0.6) is 0 Å². The minimum absolute atomic E-state index is 0.0868. The van der Waals surface area contributed by atoms with Crippen LogP contribution in [-0.2, 0) is 28.6 Å². The molecule has 0 aliphatic carbocycles. The van der Waals surface area contributed by atoms with Gasteiger partial charge in [0, 0.05) is 19.3 Å². The third kappa shape index (κ3) is 63.3. The first kappa shape index (κ1) is 73.6. The molecule has 1 atom stereocenters. The van der Waals surface area contributed by atoms with Crippen LogP contribution in [0.1, 0.15) is 329 Å². The average molecular weight is 1070 g/mol. The Balaban J connectivity index is 4.31. The molecule has 0 heterocycles. The predicted molar refractivity (Wildman–Crippen MR) is 334 cm³/mol. The predicted octanol–water partition coefficient (Wildman–Crippen LogP) is 22.7. The van der Waals surface area contributed by atoms with Crippen molar-refractivity contribution in [1.82, 2.24) is 0 Å². The van der Waals surface area contributed by atoms with Crippen molar-refractivity contribution in [1.29, 1.82) is 0 Å². The Labute approximate surface area is 477 Å². The van der Waals surface area contributed by atoms with Gasteiger partial charge in [-0.1, -0.05) is 279 Å². The van der Waals surface area contributed by atoms with Gasteiger partial charge in [-0.3, -0.25) is 14.4 Å². The Morgan fingerprint density at radius 2 is 0.506 bits per heavy atom. The van der Waals surface area contributed by atoms with Gasteiger partial charge in [-0.2, -0.15) is 0 Å². The molecule has 0 rings (SSSR count). The Kier molecular flexibility index (Phi) is 62.2. The van der Waals surface area contributed by atoms with Crippen molar-refractivity contribution in [2.24, 2.45) is 0 Å². The normalized spacial score (nSPS) is 12.6. The van der Waals surface area contributed by atoms with E-state index in [0.717, 1.165) is 96.3 Å². The second-order valence-electron chi connectivity index (χ2n) is 22.0. The molecule has 0 aromatic rings. The largest absolute Gasteiger partial charge is 0.462 e. The first-order chi connectivity index (χ1) is 38.0. The van der Waals surface area contributed by atoms with Crippen LogP contribution in [0, 0.1) is 0 Å². The molecule has 0 bridgehead atoms. The van der Waals surface area contributed by atoms with Crippen LogP contribution in [0.2, 0.25) is 0 Å². The van der Waals surface area contributed by atoms with Crippen LogP contribution in [0.4, 0.5) is 0 Å². The lowest BCUT2D eigenvalue weighted by molar-refractivity contribution is -0.167. The number of esters is 3. The van der Waals surface area contributed by atoms with Gasteiger partial charge in [0.25, 0.3) is 0 Å². The maximum atomic E-state index is 12.9. The Hall–Kier alpha value is -3.41. The van der Waals surface area contributed by atoms with Crippen molar-refractivity contribution in [2.75, 3.05) is 13.2 Å². The number of ether oxygens (including phenoxy) is 3. The van der Waals surface area contributed by atoms with Gasteiger partial charge in [0.05, 0.1) is 0 Å². The molecule has 0 N–H and O–H groups in total. The zero-order valence-electron chi connectivity index (χ0n) is 51.0. The first-order valence-electron chi connectivity index (χ1n) is 33.1. The number of hydrogen-bond donors (Lipinski definition) is 0. The summed E-state index contributed by atoms with van der Waals surface area (Å²) in [7, 11) is 0. The van der Waals surface area contributed by atoms with E-state index in [1.54, 1.807) is 0 Å². The van der Waals surface area contributed by atoms with E-state index in [2.05, 4.69) is 106 Å². The lowest BCUT2D eigenvalue weighted by Crippen LogP contribution is -2.30. The Morgan fingerprint density at radius 1 is 0.273 bits per heavy atom. The molecule has 444 valence electrons. The molecular formula is C71H124O6. The molecule has 0 spiro atoms. The van der Waals surface area contributed by atoms with E-state index in [0.29, 0.717) is 19.3 Å². The van der Waals surface area contributed by atoms with Crippen LogP contribution in [0.25, 0.3) is 0 Å². The molecule has 77 heavy (non-hydrogen) atoms. The SMILES string of the molecule is CC/C=C\C/C=C\C/C=C\CCCCCC(=O)OCC(COC(=O)CCCCCCCCCCCCCCC/C=C\C/C=C\CCCCCCC)OC(=O)CCCCCCCCCCC/C=C\C/C=C\CCCCCCC. The fourth-order valence-electron chi connectivity index (χ4n) is 9.40. The third-order valence-electron chi connectivity index (χ3n) is 14.4. The van der Waals surface area contributed by atoms with Gasteiger partial charge in [-0.15, -0.1) is 0 Å². The highest BCUT2D eigenvalue weighted by Crippen LogP contribution is 2.16.